The maximum absolute atomic E-state index is 6.73. The van der Waals surface area contributed by atoms with Crippen molar-refractivity contribution in [2.75, 3.05) is 4.90 Å². The van der Waals surface area contributed by atoms with Gasteiger partial charge in [0.25, 0.3) is 0 Å². The first-order valence-electron chi connectivity index (χ1n) is 19.9. The third kappa shape index (κ3) is 5.94. The van der Waals surface area contributed by atoms with Crippen molar-refractivity contribution >= 4 is 66.1 Å². The molecular weight excluding hydrogens is 707 g/mol. The number of para-hydroxylation sites is 1. The first-order valence-corrected chi connectivity index (χ1v) is 19.9. The molecule has 0 bridgehead atoms. The van der Waals surface area contributed by atoms with Crippen LogP contribution in [0.3, 0.4) is 0 Å². The van der Waals surface area contributed by atoms with Gasteiger partial charge in [0.15, 0.2) is 5.82 Å². The molecule has 4 heteroatoms. The van der Waals surface area contributed by atoms with Crippen LogP contribution >= 0.6 is 0 Å². The zero-order chi connectivity index (χ0) is 38.4. The van der Waals surface area contributed by atoms with E-state index < -0.39 is 0 Å². The molecule has 0 saturated heterocycles. The molecule has 8 aromatic carbocycles. The van der Waals surface area contributed by atoms with Crippen molar-refractivity contribution in [3.8, 4) is 33.6 Å². The zero-order valence-electron chi connectivity index (χ0n) is 31.7. The number of nitrogens with zero attached hydrogens (tertiary/aromatic N) is 3. The maximum Gasteiger partial charge on any atom is 0.160 e. The molecule has 1 aliphatic carbocycles. The molecule has 0 amide bonds. The van der Waals surface area contributed by atoms with Gasteiger partial charge in [0.1, 0.15) is 11.2 Å². The lowest BCUT2D eigenvalue weighted by atomic mass is 9.97. The summed E-state index contributed by atoms with van der Waals surface area (Å²) in [4.78, 5) is 12.7. The van der Waals surface area contributed by atoms with E-state index in [-0.39, 0.29) is 0 Å². The normalized spacial score (nSPS) is 12.7. The molecule has 0 unspecified atom stereocenters. The summed E-state index contributed by atoms with van der Waals surface area (Å²) in [5.74, 6) is 0.734. The van der Waals surface area contributed by atoms with Crippen LogP contribution in [0.4, 0.5) is 17.1 Å². The monoisotopic (exact) mass is 743 g/mol. The molecule has 2 heterocycles. The van der Waals surface area contributed by atoms with Gasteiger partial charge >= 0.3 is 0 Å². The van der Waals surface area contributed by atoms with E-state index in [2.05, 4.69) is 199 Å². The lowest BCUT2D eigenvalue weighted by molar-refractivity contribution is 0.669. The van der Waals surface area contributed by atoms with Crippen LogP contribution in [0.25, 0.3) is 82.7 Å². The summed E-state index contributed by atoms with van der Waals surface area (Å²) >= 11 is 0. The Morgan fingerprint density at radius 3 is 2.10 bits per heavy atom. The van der Waals surface area contributed by atoms with E-state index in [1.807, 2.05) is 6.07 Å². The SMILES string of the molecule is C1=CC(c2nc(-c3ccccc3)cc(-c3cccc4oc5cc(-c6ccccc6N(c6ccc7ccccc7c6)c6cccc7ccccc67)ccc5c34)n2)=CCC1. The molecule has 58 heavy (non-hydrogen) atoms. The number of fused-ring (bicyclic) bond motifs is 5. The zero-order valence-corrected chi connectivity index (χ0v) is 31.7. The van der Waals surface area contributed by atoms with Crippen molar-refractivity contribution < 1.29 is 4.42 Å². The smallest absolute Gasteiger partial charge is 0.160 e. The van der Waals surface area contributed by atoms with Crippen LogP contribution in [-0.2, 0) is 0 Å². The number of hydrogen-bond acceptors (Lipinski definition) is 4. The Bertz CT molecular complexity index is 3240. The van der Waals surface area contributed by atoms with Gasteiger partial charge in [0.05, 0.1) is 22.8 Å². The van der Waals surface area contributed by atoms with Crippen LogP contribution in [0.15, 0.2) is 205 Å². The van der Waals surface area contributed by atoms with Gasteiger partial charge in [-0.3, -0.25) is 0 Å². The number of furan rings is 1. The van der Waals surface area contributed by atoms with Crippen molar-refractivity contribution in [1.82, 2.24) is 9.97 Å². The highest BCUT2D eigenvalue weighted by molar-refractivity contribution is 6.13. The largest absolute Gasteiger partial charge is 0.456 e. The van der Waals surface area contributed by atoms with Gasteiger partial charge in [-0.15, -0.1) is 0 Å². The predicted molar refractivity (Wildman–Crippen MR) is 242 cm³/mol. The van der Waals surface area contributed by atoms with E-state index in [0.717, 1.165) is 96.9 Å². The Balaban J connectivity index is 1.08. The van der Waals surface area contributed by atoms with Gasteiger partial charge in [-0.25, -0.2) is 9.97 Å². The molecule has 1 aliphatic rings. The van der Waals surface area contributed by atoms with Gasteiger partial charge in [-0.1, -0.05) is 152 Å². The summed E-state index contributed by atoms with van der Waals surface area (Å²) in [5, 5.41) is 6.88. The molecule has 0 fully saturated rings. The van der Waals surface area contributed by atoms with Crippen molar-refractivity contribution in [3.63, 3.8) is 0 Å². The van der Waals surface area contributed by atoms with E-state index in [0.29, 0.717) is 0 Å². The number of rotatable bonds is 7. The van der Waals surface area contributed by atoms with E-state index in [4.69, 9.17) is 14.4 Å². The minimum atomic E-state index is 0.734. The van der Waals surface area contributed by atoms with Crippen molar-refractivity contribution in [1.29, 1.82) is 0 Å². The summed E-state index contributed by atoms with van der Waals surface area (Å²) in [7, 11) is 0. The topological polar surface area (TPSA) is 42.2 Å². The lowest BCUT2D eigenvalue weighted by Gasteiger charge is -2.29. The van der Waals surface area contributed by atoms with E-state index in [9.17, 15) is 0 Å². The molecule has 10 aromatic rings. The molecule has 4 nitrogen and oxygen atoms in total. The third-order valence-electron chi connectivity index (χ3n) is 11.3. The Morgan fingerprint density at radius 2 is 1.21 bits per heavy atom. The standard InChI is InChI=1S/C54H37N3O/c1-3-17-38(18-4-1)47-35-48(56-54(55-47)39-19-5-2-6-20-39)45-25-14-28-51-53(45)46-32-30-41(34-52(46)58-51)44-24-11-12-26-49(44)57(42-31-29-36-15-7-8-21-40(36)33-42)50-27-13-22-37-16-9-10-23-43(37)50/h1,3-5,7-35H,2,6H2. The fourth-order valence-electron chi connectivity index (χ4n) is 8.50. The number of allylic oxidation sites excluding steroid dienone is 4. The van der Waals surface area contributed by atoms with Crippen LogP contribution in [-0.4, -0.2) is 9.97 Å². The molecule has 0 atom stereocenters. The highest BCUT2D eigenvalue weighted by Crippen LogP contribution is 2.45. The average molecular weight is 744 g/mol. The molecule has 274 valence electrons. The van der Waals surface area contributed by atoms with Gasteiger partial charge < -0.3 is 9.32 Å². The summed E-state index contributed by atoms with van der Waals surface area (Å²) in [6, 6.07) is 64.5. The van der Waals surface area contributed by atoms with Crippen molar-refractivity contribution in [2.45, 2.75) is 12.8 Å². The first-order chi connectivity index (χ1) is 28.7. The molecule has 0 saturated carbocycles. The van der Waals surface area contributed by atoms with Gasteiger partial charge in [0.2, 0.25) is 0 Å². The summed E-state index contributed by atoms with van der Waals surface area (Å²) in [6.07, 6.45) is 8.60. The molecule has 0 N–H and O–H groups in total. The Kier molecular flexibility index (Phi) is 8.25. The highest BCUT2D eigenvalue weighted by atomic mass is 16.3. The highest BCUT2D eigenvalue weighted by Gasteiger charge is 2.22. The maximum atomic E-state index is 6.73. The first kappa shape index (κ1) is 33.8. The van der Waals surface area contributed by atoms with Crippen LogP contribution in [0.5, 0.6) is 0 Å². The molecular formula is C54H37N3O. The average Bonchev–Trinajstić information content (AvgIpc) is 3.68. The van der Waals surface area contributed by atoms with Crippen molar-refractivity contribution in [2.24, 2.45) is 0 Å². The second-order valence-electron chi connectivity index (χ2n) is 14.8. The van der Waals surface area contributed by atoms with Crippen LogP contribution in [0.1, 0.15) is 18.7 Å². The van der Waals surface area contributed by atoms with E-state index in [1.165, 1.54) is 21.5 Å². The van der Waals surface area contributed by atoms with Gasteiger partial charge in [-0.05, 0) is 83.1 Å². The van der Waals surface area contributed by atoms with Gasteiger partial charge in [-0.2, -0.15) is 0 Å². The predicted octanol–water partition coefficient (Wildman–Crippen LogP) is 14.9. The molecule has 0 aliphatic heterocycles. The molecule has 0 radical (unpaired) electrons. The molecule has 11 rings (SSSR count). The van der Waals surface area contributed by atoms with E-state index in [1.54, 1.807) is 0 Å². The van der Waals surface area contributed by atoms with Crippen LogP contribution < -0.4 is 4.90 Å². The van der Waals surface area contributed by atoms with Gasteiger partial charge in [0, 0.05) is 44.1 Å². The van der Waals surface area contributed by atoms with E-state index >= 15 is 0 Å². The minimum Gasteiger partial charge on any atom is -0.456 e. The number of benzene rings is 8. The molecule has 2 aromatic heterocycles. The fourth-order valence-corrected chi connectivity index (χ4v) is 8.50. The second kappa shape index (κ2) is 14.2. The Morgan fingerprint density at radius 1 is 0.466 bits per heavy atom. The number of hydrogen-bond donors (Lipinski definition) is 0. The number of anilines is 3. The van der Waals surface area contributed by atoms with Crippen LogP contribution in [0.2, 0.25) is 0 Å². The summed E-state index contributed by atoms with van der Waals surface area (Å²) < 4.78 is 6.73. The Hall–Kier alpha value is -7.56. The third-order valence-corrected chi connectivity index (χ3v) is 11.3. The summed E-state index contributed by atoms with van der Waals surface area (Å²) in [5.41, 5.74) is 12.0. The lowest BCUT2D eigenvalue weighted by Crippen LogP contribution is -2.11. The summed E-state index contributed by atoms with van der Waals surface area (Å²) in [6.45, 7) is 0. The van der Waals surface area contributed by atoms with Crippen LogP contribution in [0, 0.1) is 0 Å². The quantitative estimate of drug-likeness (QED) is 0.163. The Labute approximate surface area is 336 Å². The number of aromatic nitrogens is 2. The van der Waals surface area contributed by atoms with Crippen molar-refractivity contribution in [3.05, 3.63) is 206 Å². The molecule has 0 spiro atoms. The fraction of sp³-hybridized carbons (Fsp3) is 0.0370. The second-order valence-corrected chi connectivity index (χ2v) is 14.8. The minimum absolute atomic E-state index is 0.734.